The minimum atomic E-state index is -0.426. The highest BCUT2D eigenvalue weighted by molar-refractivity contribution is 5.90. The number of ether oxygens (including phenoxy) is 1. The second-order valence-corrected chi connectivity index (χ2v) is 3.60. The Labute approximate surface area is 87.5 Å². The first-order chi connectivity index (χ1) is 7.29. The number of amides is 1. The summed E-state index contributed by atoms with van der Waals surface area (Å²) in [5.41, 5.74) is 2.01. The number of nitrogens with two attached hydrogens (primary N) is 1. The lowest BCUT2D eigenvalue weighted by Gasteiger charge is -2.24. The number of furan rings is 1. The number of carbonyl (C=O) groups excluding carboxylic acids is 1. The summed E-state index contributed by atoms with van der Waals surface area (Å²) in [6, 6.07) is 3.31. The number of hydrogen-bond acceptors (Lipinski definition) is 4. The predicted octanol–water partition coefficient (Wildman–Crippen LogP) is 0.952. The monoisotopic (exact) mass is 210 g/mol. The van der Waals surface area contributed by atoms with Crippen molar-refractivity contribution in [3.63, 3.8) is 0 Å². The van der Waals surface area contributed by atoms with Gasteiger partial charge in [-0.2, -0.15) is 0 Å². The first-order valence-corrected chi connectivity index (χ1v) is 5.01. The van der Waals surface area contributed by atoms with Crippen LogP contribution in [0.4, 0.5) is 0 Å². The minimum Gasteiger partial charge on any atom is -0.453 e. The van der Waals surface area contributed by atoms with Gasteiger partial charge in [-0.15, -0.1) is 0 Å². The largest absolute Gasteiger partial charge is 0.453 e. The van der Waals surface area contributed by atoms with Gasteiger partial charge < -0.3 is 9.15 Å². The highest BCUT2D eigenvalue weighted by Gasteiger charge is 2.18. The fraction of sp³-hybridized carbons (Fsp3) is 0.500. The van der Waals surface area contributed by atoms with Crippen LogP contribution >= 0.6 is 0 Å². The van der Waals surface area contributed by atoms with Gasteiger partial charge in [0.15, 0.2) is 5.76 Å². The molecule has 2 rings (SSSR count). The fourth-order valence-electron chi connectivity index (χ4n) is 1.39. The molecule has 1 aromatic heterocycles. The van der Waals surface area contributed by atoms with Crippen LogP contribution < -0.4 is 11.3 Å². The molecule has 0 spiro atoms. The van der Waals surface area contributed by atoms with Gasteiger partial charge in [-0.25, -0.2) is 5.84 Å². The number of rotatable bonds is 4. The first-order valence-electron chi connectivity index (χ1n) is 5.01. The summed E-state index contributed by atoms with van der Waals surface area (Å²) in [5, 5.41) is 0. The van der Waals surface area contributed by atoms with Crippen molar-refractivity contribution in [1.29, 1.82) is 0 Å². The maximum atomic E-state index is 11.1. The van der Waals surface area contributed by atoms with E-state index in [0.29, 0.717) is 18.5 Å². The molecule has 0 unspecified atom stereocenters. The molecular formula is C10H14N2O3. The molecule has 5 heteroatoms. The lowest BCUT2D eigenvalue weighted by molar-refractivity contribution is -0.0159. The SMILES string of the molecule is NNC(=O)c1ccc(COC2CCC2)o1. The fourth-order valence-corrected chi connectivity index (χ4v) is 1.39. The second-order valence-electron chi connectivity index (χ2n) is 3.60. The van der Waals surface area contributed by atoms with Gasteiger partial charge in [0.05, 0.1) is 6.10 Å². The van der Waals surface area contributed by atoms with E-state index in [4.69, 9.17) is 15.0 Å². The molecule has 1 heterocycles. The first kappa shape index (κ1) is 10.2. The number of nitrogens with one attached hydrogen (secondary N) is 1. The number of nitrogen functional groups attached to an aromatic ring is 1. The minimum absolute atomic E-state index is 0.213. The third kappa shape index (κ3) is 2.37. The molecule has 1 amide bonds. The summed E-state index contributed by atoms with van der Waals surface area (Å²) in [7, 11) is 0. The smallest absolute Gasteiger partial charge is 0.300 e. The number of hydrogen-bond donors (Lipinski definition) is 2. The van der Waals surface area contributed by atoms with Crippen molar-refractivity contribution in [2.45, 2.75) is 32.0 Å². The molecule has 1 saturated carbocycles. The van der Waals surface area contributed by atoms with E-state index in [9.17, 15) is 4.79 Å². The molecule has 0 atom stereocenters. The zero-order valence-electron chi connectivity index (χ0n) is 8.36. The quantitative estimate of drug-likeness (QED) is 0.440. The summed E-state index contributed by atoms with van der Waals surface area (Å²) in [5.74, 6) is 5.42. The van der Waals surface area contributed by atoms with Crippen molar-refractivity contribution in [1.82, 2.24) is 5.43 Å². The van der Waals surface area contributed by atoms with Crippen LogP contribution in [-0.4, -0.2) is 12.0 Å². The third-order valence-corrected chi connectivity index (χ3v) is 2.53. The van der Waals surface area contributed by atoms with Gasteiger partial charge in [-0.1, -0.05) is 0 Å². The molecule has 0 saturated heterocycles. The van der Waals surface area contributed by atoms with Gasteiger partial charge >= 0.3 is 5.91 Å². The Bertz CT molecular complexity index is 344. The van der Waals surface area contributed by atoms with Gasteiger partial charge in [-0.05, 0) is 31.4 Å². The van der Waals surface area contributed by atoms with Crippen molar-refractivity contribution in [2.75, 3.05) is 0 Å². The van der Waals surface area contributed by atoms with Crippen molar-refractivity contribution in [3.8, 4) is 0 Å². The van der Waals surface area contributed by atoms with E-state index in [1.165, 1.54) is 6.42 Å². The number of carbonyl (C=O) groups is 1. The lowest BCUT2D eigenvalue weighted by atomic mass is 9.96. The lowest BCUT2D eigenvalue weighted by Crippen LogP contribution is -2.29. The Morgan fingerprint density at radius 1 is 1.60 bits per heavy atom. The summed E-state index contributed by atoms with van der Waals surface area (Å²) >= 11 is 0. The van der Waals surface area contributed by atoms with Gasteiger partial charge in [-0.3, -0.25) is 10.2 Å². The normalized spacial score (nSPS) is 16.1. The molecule has 3 N–H and O–H groups in total. The molecule has 0 aromatic carbocycles. The molecule has 15 heavy (non-hydrogen) atoms. The zero-order chi connectivity index (χ0) is 10.7. The van der Waals surface area contributed by atoms with Gasteiger partial charge in [0, 0.05) is 0 Å². The molecule has 1 fully saturated rings. The Hall–Kier alpha value is -1.33. The van der Waals surface area contributed by atoms with E-state index in [-0.39, 0.29) is 5.76 Å². The molecule has 0 bridgehead atoms. The summed E-state index contributed by atoms with van der Waals surface area (Å²) in [6.45, 7) is 0.419. The standard InChI is InChI=1S/C10H14N2O3/c11-12-10(13)9-5-4-8(15-9)6-14-7-2-1-3-7/h4-5,7H,1-3,6,11H2,(H,12,13). The maximum absolute atomic E-state index is 11.1. The van der Waals surface area contributed by atoms with Crippen LogP contribution in [-0.2, 0) is 11.3 Å². The zero-order valence-corrected chi connectivity index (χ0v) is 8.36. The number of hydrazine groups is 1. The average Bonchev–Trinajstić information content (AvgIpc) is 2.63. The molecule has 1 aromatic rings. The molecule has 0 radical (unpaired) electrons. The summed E-state index contributed by atoms with van der Waals surface area (Å²) < 4.78 is 10.8. The van der Waals surface area contributed by atoms with Crippen LogP contribution in [0.15, 0.2) is 16.5 Å². The summed E-state index contributed by atoms with van der Waals surface area (Å²) in [6.07, 6.45) is 3.85. The van der Waals surface area contributed by atoms with Crippen molar-refractivity contribution in [2.24, 2.45) is 5.84 Å². The Balaban J connectivity index is 1.86. The third-order valence-electron chi connectivity index (χ3n) is 2.53. The van der Waals surface area contributed by atoms with E-state index in [1.54, 1.807) is 12.1 Å². The highest BCUT2D eigenvalue weighted by atomic mass is 16.5. The van der Waals surface area contributed by atoms with Gasteiger partial charge in [0.1, 0.15) is 12.4 Å². The van der Waals surface area contributed by atoms with Crippen LogP contribution in [0, 0.1) is 0 Å². The van der Waals surface area contributed by atoms with Crippen LogP contribution in [0.1, 0.15) is 35.6 Å². The van der Waals surface area contributed by atoms with Crippen LogP contribution in [0.2, 0.25) is 0 Å². The molecule has 5 nitrogen and oxygen atoms in total. The Morgan fingerprint density at radius 2 is 2.40 bits per heavy atom. The molecule has 82 valence electrons. The summed E-state index contributed by atoms with van der Waals surface area (Å²) in [4.78, 5) is 11.1. The van der Waals surface area contributed by atoms with Gasteiger partial charge in [0.2, 0.25) is 0 Å². The van der Waals surface area contributed by atoms with Crippen LogP contribution in [0.3, 0.4) is 0 Å². The molecule has 1 aliphatic carbocycles. The van der Waals surface area contributed by atoms with Crippen LogP contribution in [0.5, 0.6) is 0 Å². The average molecular weight is 210 g/mol. The Morgan fingerprint density at radius 3 is 3.00 bits per heavy atom. The van der Waals surface area contributed by atoms with Crippen LogP contribution in [0.25, 0.3) is 0 Å². The van der Waals surface area contributed by atoms with Crippen molar-refractivity contribution >= 4 is 5.91 Å². The predicted molar refractivity (Wildman–Crippen MR) is 52.8 cm³/mol. The maximum Gasteiger partial charge on any atom is 0.300 e. The second kappa shape index (κ2) is 4.46. The molecule has 0 aliphatic heterocycles. The van der Waals surface area contributed by atoms with E-state index >= 15 is 0 Å². The van der Waals surface area contributed by atoms with E-state index in [2.05, 4.69) is 0 Å². The van der Waals surface area contributed by atoms with Crippen molar-refractivity contribution in [3.05, 3.63) is 23.7 Å². The van der Waals surface area contributed by atoms with E-state index < -0.39 is 5.91 Å². The molecule has 1 aliphatic rings. The molecular weight excluding hydrogens is 196 g/mol. The highest BCUT2D eigenvalue weighted by Crippen LogP contribution is 2.23. The van der Waals surface area contributed by atoms with E-state index in [1.807, 2.05) is 5.43 Å². The topological polar surface area (TPSA) is 77.5 Å². The van der Waals surface area contributed by atoms with Crippen molar-refractivity contribution < 1.29 is 13.9 Å². The van der Waals surface area contributed by atoms with Gasteiger partial charge in [0.25, 0.3) is 0 Å². The Kier molecular flexibility index (Phi) is 3.03. The van der Waals surface area contributed by atoms with E-state index in [0.717, 1.165) is 12.8 Å².